The fourth-order valence-electron chi connectivity index (χ4n) is 3.05. The standard InChI is InChI=1S/C15H21FN3O8P/c1-8(2)27-28(23)17-6-11(21)26-12-9(7-24-28)25-13(15(12,3)16)19-5-4-10(20)18-14(19)22/h4-5,8-9,12-13H,6-7H2,1-3H3,(H,17,23)(H,18,20,22)/t9-,12?,13-,15+,28?/m1/s1. The van der Waals surface area contributed by atoms with Crippen molar-refractivity contribution in [1.29, 1.82) is 0 Å². The van der Waals surface area contributed by atoms with E-state index in [9.17, 15) is 18.9 Å². The van der Waals surface area contributed by atoms with Crippen molar-refractivity contribution in [1.82, 2.24) is 14.6 Å². The Morgan fingerprint density at radius 3 is 2.75 bits per heavy atom. The molecule has 2 N–H and O–H groups in total. The Balaban J connectivity index is 1.93. The monoisotopic (exact) mass is 421 g/mol. The fourth-order valence-corrected chi connectivity index (χ4v) is 4.50. The molecule has 0 saturated carbocycles. The second-order valence-corrected chi connectivity index (χ2v) is 8.67. The molecule has 11 nitrogen and oxygen atoms in total. The van der Waals surface area contributed by atoms with E-state index in [1.165, 1.54) is 0 Å². The molecule has 0 spiro atoms. The molecule has 3 heterocycles. The molecule has 28 heavy (non-hydrogen) atoms. The van der Waals surface area contributed by atoms with Crippen LogP contribution >= 0.6 is 7.75 Å². The Labute approximate surface area is 158 Å². The maximum atomic E-state index is 15.6. The number of hydrogen-bond donors (Lipinski definition) is 2. The second-order valence-electron chi connectivity index (χ2n) is 6.89. The lowest BCUT2D eigenvalue weighted by Crippen LogP contribution is -2.46. The van der Waals surface area contributed by atoms with Crippen LogP contribution in [0.5, 0.6) is 0 Å². The number of carbonyl (C=O) groups is 1. The van der Waals surface area contributed by atoms with Crippen molar-refractivity contribution < 1.29 is 32.3 Å². The Kier molecular flexibility index (Phi) is 5.61. The molecule has 2 unspecified atom stereocenters. The fraction of sp³-hybridized carbons (Fsp3) is 0.667. The Morgan fingerprint density at radius 2 is 2.11 bits per heavy atom. The van der Waals surface area contributed by atoms with Crippen LogP contribution < -0.4 is 16.3 Å². The Bertz CT molecular complexity index is 913. The summed E-state index contributed by atoms with van der Waals surface area (Å²) in [7, 11) is -3.87. The van der Waals surface area contributed by atoms with Crippen LogP contribution in [0, 0.1) is 0 Å². The zero-order valence-electron chi connectivity index (χ0n) is 15.4. The van der Waals surface area contributed by atoms with E-state index in [2.05, 4.69) is 5.09 Å². The average Bonchev–Trinajstić information content (AvgIpc) is 2.84. The smallest absolute Gasteiger partial charge is 0.406 e. The minimum absolute atomic E-state index is 0.428. The summed E-state index contributed by atoms with van der Waals surface area (Å²) in [5, 5.41) is 2.36. The van der Waals surface area contributed by atoms with E-state index in [4.69, 9.17) is 18.5 Å². The van der Waals surface area contributed by atoms with Crippen molar-refractivity contribution >= 4 is 13.7 Å². The molecule has 2 saturated heterocycles. The Hall–Kier alpha value is -1.85. The molecule has 1 aromatic rings. The molecule has 1 aromatic heterocycles. The van der Waals surface area contributed by atoms with Crippen LogP contribution in [0.1, 0.15) is 27.0 Å². The van der Waals surface area contributed by atoms with Crippen molar-refractivity contribution in [2.45, 2.75) is 51.0 Å². The van der Waals surface area contributed by atoms with E-state index in [0.717, 1.165) is 23.8 Å². The number of alkyl halides is 1. The van der Waals surface area contributed by atoms with Crippen LogP contribution in [-0.4, -0.2) is 52.7 Å². The zero-order valence-corrected chi connectivity index (χ0v) is 16.3. The minimum atomic E-state index is -3.87. The number of aromatic amines is 1. The van der Waals surface area contributed by atoms with Gasteiger partial charge in [0.05, 0.1) is 12.7 Å². The quantitative estimate of drug-likeness (QED) is 0.519. The number of halogens is 1. The highest BCUT2D eigenvalue weighted by molar-refractivity contribution is 7.51. The summed E-state index contributed by atoms with van der Waals surface area (Å²) in [5.74, 6) is -0.893. The summed E-state index contributed by atoms with van der Waals surface area (Å²) in [6.07, 6.45) is -3.54. The zero-order chi connectivity index (χ0) is 20.7. The molecule has 0 aliphatic carbocycles. The predicted octanol–water partition coefficient (Wildman–Crippen LogP) is 0.227. The van der Waals surface area contributed by atoms with Gasteiger partial charge in [0.15, 0.2) is 18.0 Å². The third-order valence-electron chi connectivity index (χ3n) is 4.22. The normalized spacial score (nSPS) is 36.3. The van der Waals surface area contributed by atoms with E-state index >= 15 is 4.39 Å². The number of esters is 1. The summed E-state index contributed by atoms with van der Waals surface area (Å²) in [4.78, 5) is 37.4. The van der Waals surface area contributed by atoms with Crippen LogP contribution in [0.2, 0.25) is 0 Å². The van der Waals surface area contributed by atoms with Gasteiger partial charge >= 0.3 is 19.4 Å². The van der Waals surface area contributed by atoms with E-state index in [-0.39, 0.29) is 0 Å². The van der Waals surface area contributed by atoms with Gasteiger partial charge in [-0.05, 0) is 20.8 Å². The van der Waals surface area contributed by atoms with Crippen LogP contribution in [-0.2, 0) is 27.9 Å². The molecule has 0 bridgehead atoms. The maximum absolute atomic E-state index is 15.6. The molecule has 3 rings (SSSR count). The molecule has 13 heteroatoms. The minimum Gasteiger partial charge on any atom is -0.455 e. The average molecular weight is 421 g/mol. The molecule has 0 aromatic carbocycles. The lowest BCUT2D eigenvalue weighted by atomic mass is 9.98. The summed E-state index contributed by atoms with van der Waals surface area (Å²) in [6, 6.07) is 1.03. The molecular weight excluding hydrogens is 400 g/mol. The Morgan fingerprint density at radius 1 is 1.39 bits per heavy atom. The van der Waals surface area contributed by atoms with E-state index in [0.29, 0.717) is 0 Å². The first-order valence-electron chi connectivity index (χ1n) is 8.55. The predicted molar refractivity (Wildman–Crippen MR) is 92.4 cm³/mol. The number of hydrogen-bond acceptors (Lipinski definition) is 8. The summed E-state index contributed by atoms with van der Waals surface area (Å²) >= 11 is 0. The number of carbonyl (C=O) groups excluding carboxylic acids is 1. The second kappa shape index (κ2) is 7.53. The van der Waals surface area contributed by atoms with Gasteiger partial charge in [0.2, 0.25) is 0 Å². The van der Waals surface area contributed by atoms with Crippen molar-refractivity contribution in [3.8, 4) is 0 Å². The van der Waals surface area contributed by atoms with Crippen molar-refractivity contribution in [2.24, 2.45) is 0 Å². The van der Waals surface area contributed by atoms with Crippen molar-refractivity contribution in [2.75, 3.05) is 13.2 Å². The highest BCUT2D eigenvalue weighted by Crippen LogP contribution is 2.48. The molecule has 2 aliphatic heterocycles. The van der Waals surface area contributed by atoms with Gasteiger partial charge < -0.3 is 9.47 Å². The number of ether oxygens (including phenoxy) is 2. The lowest BCUT2D eigenvalue weighted by Gasteiger charge is -2.27. The first-order valence-corrected chi connectivity index (χ1v) is 10.1. The van der Waals surface area contributed by atoms with E-state index in [1.54, 1.807) is 13.8 Å². The first-order chi connectivity index (χ1) is 13.0. The third kappa shape index (κ3) is 4.11. The lowest BCUT2D eigenvalue weighted by molar-refractivity contribution is -0.156. The van der Waals surface area contributed by atoms with Gasteiger partial charge in [-0.25, -0.2) is 18.8 Å². The van der Waals surface area contributed by atoms with Gasteiger partial charge in [-0.3, -0.25) is 28.2 Å². The topological polar surface area (TPSA) is 138 Å². The highest BCUT2D eigenvalue weighted by Gasteiger charge is 2.59. The van der Waals surface area contributed by atoms with Gasteiger partial charge in [0.25, 0.3) is 5.56 Å². The number of H-pyrrole nitrogens is 1. The molecule has 0 amide bonds. The molecule has 156 valence electrons. The van der Waals surface area contributed by atoms with E-state index < -0.39 is 68.3 Å². The van der Waals surface area contributed by atoms with Gasteiger partial charge in [-0.15, -0.1) is 0 Å². The van der Waals surface area contributed by atoms with Crippen LogP contribution in [0.25, 0.3) is 0 Å². The number of fused-ring (bicyclic) bond motifs is 1. The van der Waals surface area contributed by atoms with Crippen LogP contribution in [0.3, 0.4) is 0 Å². The summed E-state index contributed by atoms with van der Waals surface area (Å²) < 4.78 is 50.4. The SMILES string of the molecule is CC(C)OP1(=O)NCC(=O)OC2[C@@H](CO1)O[C@@H](n1ccc(=O)[nH]c1=O)[C@@]2(C)F. The molecule has 5 atom stereocenters. The molecule has 2 aliphatic rings. The summed E-state index contributed by atoms with van der Waals surface area (Å²) in [6.45, 7) is 3.39. The number of rotatable bonds is 3. The number of aromatic nitrogens is 2. The van der Waals surface area contributed by atoms with Crippen LogP contribution in [0.15, 0.2) is 21.9 Å². The molecule has 2 fully saturated rings. The van der Waals surface area contributed by atoms with Gasteiger partial charge in [-0.1, -0.05) is 0 Å². The number of nitrogens with one attached hydrogen (secondary N) is 2. The largest absolute Gasteiger partial charge is 0.455 e. The van der Waals surface area contributed by atoms with E-state index in [1.807, 2.05) is 4.98 Å². The van der Waals surface area contributed by atoms with Crippen molar-refractivity contribution in [3.05, 3.63) is 33.1 Å². The van der Waals surface area contributed by atoms with Gasteiger partial charge in [-0.2, -0.15) is 0 Å². The molecule has 0 radical (unpaired) electrons. The van der Waals surface area contributed by atoms with Crippen LogP contribution in [0.4, 0.5) is 4.39 Å². The number of nitrogens with zero attached hydrogens (tertiary/aromatic N) is 1. The summed E-state index contributed by atoms with van der Waals surface area (Å²) in [5.41, 5.74) is -3.90. The van der Waals surface area contributed by atoms with Gasteiger partial charge in [0, 0.05) is 12.3 Å². The maximum Gasteiger partial charge on any atom is 0.406 e. The first kappa shape index (κ1) is 20.9. The van der Waals surface area contributed by atoms with Gasteiger partial charge in [0.1, 0.15) is 12.6 Å². The van der Waals surface area contributed by atoms with Crippen molar-refractivity contribution in [3.63, 3.8) is 0 Å². The molecular formula is C15H21FN3O8P. The highest BCUT2D eigenvalue weighted by atomic mass is 31.2. The third-order valence-corrected chi connectivity index (χ3v) is 5.95.